The number of rotatable bonds is 9. The Hall–Kier alpha value is -4.52. The van der Waals surface area contributed by atoms with E-state index in [1.165, 1.54) is 24.5 Å². The molecule has 0 spiro atoms. The predicted octanol–water partition coefficient (Wildman–Crippen LogP) is 6.43. The number of benzene rings is 2. The number of ether oxygens (including phenoxy) is 1. The van der Waals surface area contributed by atoms with Gasteiger partial charge in [-0.25, -0.2) is 22.5 Å². The molecule has 5 aromatic rings. The van der Waals surface area contributed by atoms with Crippen molar-refractivity contribution in [3.8, 4) is 23.2 Å². The molecule has 244 valence electrons. The fourth-order valence-electron chi connectivity index (χ4n) is 5.86. The number of halogens is 5. The van der Waals surface area contributed by atoms with Gasteiger partial charge in [0.15, 0.2) is 5.82 Å². The van der Waals surface area contributed by atoms with Crippen LogP contribution < -0.4 is 21.1 Å². The summed E-state index contributed by atoms with van der Waals surface area (Å²) in [6.45, 7) is 1.39. The van der Waals surface area contributed by atoms with Crippen LogP contribution in [0.1, 0.15) is 30.6 Å². The number of nitriles is 1. The van der Waals surface area contributed by atoms with Gasteiger partial charge in [0.1, 0.15) is 46.3 Å². The number of nitrogens with two attached hydrogens (primary N) is 2. The molecule has 16 heteroatoms. The first-order chi connectivity index (χ1) is 22.2. The number of aromatic nitrogens is 4. The van der Waals surface area contributed by atoms with Gasteiger partial charge in [0.05, 0.1) is 26.7 Å². The maximum absolute atomic E-state index is 16.9. The van der Waals surface area contributed by atoms with Gasteiger partial charge >= 0.3 is 6.01 Å². The van der Waals surface area contributed by atoms with Crippen molar-refractivity contribution < 1.29 is 22.3 Å². The Morgan fingerprint density at radius 3 is 2.49 bits per heavy atom. The molecule has 0 amide bonds. The molecule has 0 aliphatic heterocycles. The van der Waals surface area contributed by atoms with E-state index in [0.29, 0.717) is 5.69 Å². The van der Waals surface area contributed by atoms with Crippen LogP contribution >= 0.6 is 22.9 Å². The summed E-state index contributed by atoms with van der Waals surface area (Å²) in [4.78, 5) is 20.6. The fourth-order valence-corrected chi connectivity index (χ4v) is 7.10. The van der Waals surface area contributed by atoms with Gasteiger partial charge in [-0.05, 0) is 38.7 Å². The van der Waals surface area contributed by atoms with E-state index < -0.39 is 35.6 Å². The van der Waals surface area contributed by atoms with Crippen molar-refractivity contribution in [3.05, 3.63) is 58.5 Å². The van der Waals surface area contributed by atoms with Crippen molar-refractivity contribution in [2.75, 3.05) is 50.7 Å². The minimum atomic E-state index is -2.97. The number of fused-ring (bicyclic) bond motifs is 2. The van der Waals surface area contributed by atoms with Gasteiger partial charge in [0, 0.05) is 48.7 Å². The third-order valence-electron chi connectivity index (χ3n) is 8.42. The molecule has 6 rings (SSSR count). The zero-order valence-electron chi connectivity index (χ0n) is 25.6. The lowest BCUT2D eigenvalue weighted by Crippen LogP contribution is -2.32. The number of anilines is 3. The van der Waals surface area contributed by atoms with Crippen LogP contribution in [0.2, 0.25) is 5.02 Å². The molecule has 10 nitrogen and oxygen atoms in total. The van der Waals surface area contributed by atoms with Crippen LogP contribution in [0.5, 0.6) is 6.01 Å². The summed E-state index contributed by atoms with van der Waals surface area (Å²) in [6.07, 6.45) is 2.53. The highest BCUT2D eigenvalue weighted by molar-refractivity contribution is 7.23. The van der Waals surface area contributed by atoms with Crippen LogP contribution in [-0.2, 0) is 0 Å². The third kappa shape index (κ3) is 5.39. The molecule has 47 heavy (non-hydrogen) atoms. The highest BCUT2D eigenvalue weighted by Crippen LogP contribution is 2.60. The van der Waals surface area contributed by atoms with Crippen molar-refractivity contribution in [2.45, 2.75) is 25.3 Å². The maximum atomic E-state index is 16.9. The molecule has 0 bridgehead atoms. The zero-order chi connectivity index (χ0) is 34.0. The Bertz CT molecular complexity index is 2100. The van der Waals surface area contributed by atoms with E-state index in [1.807, 2.05) is 6.07 Å². The number of nitrogen functional groups attached to an aromatic ring is 2. The molecule has 3 aromatic heterocycles. The Kier molecular flexibility index (Phi) is 8.02. The van der Waals surface area contributed by atoms with Crippen LogP contribution in [0.4, 0.5) is 34.2 Å². The van der Waals surface area contributed by atoms with Gasteiger partial charge in [-0.3, -0.25) is 4.98 Å². The standard InChI is InChI=1S/C31H28ClF4N9OS/c1-14(23-26(38)41-8-7-40-23)45(4)28-16-9-18(32)21(15-5-6-19(33)25-20(15)17(10-37)27(39)47-25)22(34)24(16)42-29(43-28)46-13-30(12-44(2)3)11-31(30,35)36/h5-9,14H,11-13,39H2,1-4H3,(H2,38,41)/t14-,30?/m1/s1. The first-order valence-electron chi connectivity index (χ1n) is 14.2. The van der Waals surface area contributed by atoms with Gasteiger partial charge in [0.25, 0.3) is 5.92 Å². The molecule has 1 aliphatic carbocycles. The van der Waals surface area contributed by atoms with Crippen molar-refractivity contribution in [3.63, 3.8) is 0 Å². The second-order valence-corrected chi connectivity index (χ2v) is 13.3. The molecule has 2 atom stereocenters. The van der Waals surface area contributed by atoms with Gasteiger partial charge in [-0.15, -0.1) is 11.3 Å². The van der Waals surface area contributed by atoms with E-state index >= 15 is 4.39 Å². The SMILES string of the molecule is C[C@H](c1nccnc1N)N(C)c1nc(OCC2(CN(C)C)CC2(F)F)nc2c(F)c(-c3ccc(F)c4sc(N)c(C#N)c34)c(Cl)cc12. The van der Waals surface area contributed by atoms with Crippen molar-refractivity contribution in [1.29, 1.82) is 5.26 Å². The number of alkyl halides is 2. The third-order valence-corrected chi connectivity index (χ3v) is 9.74. The lowest BCUT2D eigenvalue weighted by atomic mass is 9.97. The van der Waals surface area contributed by atoms with Crippen LogP contribution in [0.3, 0.4) is 0 Å². The number of nitrogens with zero attached hydrogens (tertiary/aromatic N) is 7. The van der Waals surface area contributed by atoms with E-state index in [2.05, 4.69) is 19.9 Å². The van der Waals surface area contributed by atoms with Gasteiger partial charge in [0.2, 0.25) is 0 Å². The molecule has 0 saturated heterocycles. The molecular weight excluding hydrogens is 658 g/mol. The Balaban J connectivity index is 1.55. The molecule has 1 fully saturated rings. The molecule has 4 N–H and O–H groups in total. The Labute approximate surface area is 275 Å². The van der Waals surface area contributed by atoms with Gasteiger partial charge in [-0.1, -0.05) is 17.7 Å². The summed E-state index contributed by atoms with van der Waals surface area (Å²) in [6, 6.07) is 4.94. The monoisotopic (exact) mass is 685 g/mol. The topological polar surface area (TPSA) is 143 Å². The van der Waals surface area contributed by atoms with Crippen LogP contribution in [0, 0.1) is 28.4 Å². The molecule has 3 heterocycles. The van der Waals surface area contributed by atoms with E-state index in [0.717, 1.165) is 17.4 Å². The Morgan fingerprint density at radius 1 is 1.15 bits per heavy atom. The highest BCUT2D eigenvalue weighted by atomic mass is 35.5. The number of hydrogen-bond donors (Lipinski definition) is 2. The van der Waals surface area contributed by atoms with Gasteiger partial charge in [-0.2, -0.15) is 15.2 Å². The molecular formula is C31H28ClF4N9OS. The van der Waals surface area contributed by atoms with Crippen LogP contribution in [-0.4, -0.2) is 65.1 Å². The lowest BCUT2D eigenvalue weighted by molar-refractivity contribution is 0.0288. The molecule has 1 aliphatic rings. The number of hydrogen-bond acceptors (Lipinski definition) is 11. The lowest BCUT2D eigenvalue weighted by Gasteiger charge is -2.28. The first-order valence-corrected chi connectivity index (χ1v) is 15.4. The van der Waals surface area contributed by atoms with Crippen LogP contribution in [0.15, 0.2) is 30.6 Å². The second kappa shape index (κ2) is 11.6. The summed E-state index contributed by atoms with van der Waals surface area (Å²) < 4.78 is 66.7. The summed E-state index contributed by atoms with van der Waals surface area (Å²) >= 11 is 7.61. The van der Waals surface area contributed by atoms with E-state index in [9.17, 15) is 18.4 Å². The van der Waals surface area contributed by atoms with E-state index in [4.69, 9.17) is 27.8 Å². The molecule has 0 radical (unpaired) electrons. The zero-order valence-corrected chi connectivity index (χ0v) is 27.1. The van der Waals surface area contributed by atoms with Crippen LogP contribution in [0.25, 0.3) is 32.1 Å². The Morgan fingerprint density at radius 2 is 1.85 bits per heavy atom. The molecule has 2 aromatic carbocycles. The average Bonchev–Trinajstić information content (AvgIpc) is 3.36. The van der Waals surface area contributed by atoms with Gasteiger partial charge < -0.3 is 26.0 Å². The largest absolute Gasteiger partial charge is 0.463 e. The summed E-state index contributed by atoms with van der Waals surface area (Å²) in [5.74, 6) is -4.23. The highest BCUT2D eigenvalue weighted by Gasteiger charge is 2.71. The smallest absolute Gasteiger partial charge is 0.319 e. The van der Waals surface area contributed by atoms with Crippen molar-refractivity contribution in [2.24, 2.45) is 5.41 Å². The normalized spacial score (nSPS) is 17.6. The molecule has 1 saturated carbocycles. The van der Waals surface area contributed by atoms with E-state index in [-0.39, 0.29) is 78.3 Å². The summed E-state index contributed by atoms with van der Waals surface area (Å²) in [5, 5.41) is 10.0. The summed E-state index contributed by atoms with van der Waals surface area (Å²) in [7, 11) is 5.02. The first kappa shape index (κ1) is 32.4. The maximum Gasteiger partial charge on any atom is 0.319 e. The predicted molar refractivity (Wildman–Crippen MR) is 174 cm³/mol. The quantitative estimate of drug-likeness (QED) is 0.167. The van der Waals surface area contributed by atoms with Crippen molar-refractivity contribution in [1.82, 2.24) is 24.8 Å². The van der Waals surface area contributed by atoms with E-state index in [1.54, 1.807) is 37.9 Å². The number of thiophene rings is 1. The fraction of sp³-hybridized carbons (Fsp3) is 0.323. The summed E-state index contributed by atoms with van der Waals surface area (Å²) in [5.41, 5.74) is 10.7. The second-order valence-electron chi connectivity index (χ2n) is 11.8. The molecule has 1 unspecified atom stereocenters. The average molecular weight is 686 g/mol. The van der Waals surface area contributed by atoms with Crippen molar-refractivity contribution >= 4 is 60.6 Å². The minimum Gasteiger partial charge on any atom is -0.463 e. The minimum absolute atomic E-state index is 0.0193.